The van der Waals surface area contributed by atoms with E-state index in [1.165, 1.54) is 0 Å². The highest BCUT2D eigenvalue weighted by Crippen LogP contribution is 2.39. The second-order valence-electron chi connectivity index (χ2n) is 5.35. The number of sulfone groups is 2. The Morgan fingerprint density at radius 3 is 2.10 bits per heavy atom. The first kappa shape index (κ1) is 15.4. The smallest absolute Gasteiger partial charge is 0.179 e. The van der Waals surface area contributed by atoms with Gasteiger partial charge in [0, 0.05) is 18.9 Å². The van der Waals surface area contributed by atoms with Crippen LogP contribution in [0.1, 0.15) is 18.4 Å². The van der Waals surface area contributed by atoms with E-state index in [-0.39, 0.29) is 12.0 Å². The van der Waals surface area contributed by atoms with Crippen LogP contribution in [0.2, 0.25) is 0 Å². The van der Waals surface area contributed by atoms with E-state index in [9.17, 15) is 26.3 Å². The van der Waals surface area contributed by atoms with Crippen LogP contribution in [-0.2, 0) is 26.1 Å². The van der Waals surface area contributed by atoms with Gasteiger partial charge in [0.25, 0.3) is 0 Å². The van der Waals surface area contributed by atoms with Gasteiger partial charge in [0.1, 0.15) is 10.7 Å². The molecule has 0 spiro atoms. The number of hydrogen-bond acceptors (Lipinski definition) is 5. The Bertz CT molecular complexity index is 761. The van der Waals surface area contributed by atoms with Crippen molar-refractivity contribution in [1.29, 1.82) is 0 Å². The predicted molar refractivity (Wildman–Crippen MR) is 70.5 cm³/mol. The van der Waals surface area contributed by atoms with Crippen molar-refractivity contribution in [3.8, 4) is 0 Å². The molecule has 0 saturated heterocycles. The molecule has 0 atom stereocenters. The lowest BCUT2D eigenvalue weighted by Crippen LogP contribution is -2.15. The monoisotopic (exact) mass is 322 g/mol. The number of aliphatic hydroxyl groups is 1. The van der Waals surface area contributed by atoms with E-state index in [2.05, 4.69) is 0 Å². The van der Waals surface area contributed by atoms with Crippen molar-refractivity contribution in [2.24, 2.45) is 0 Å². The summed E-state index contributed by atoms with van der Waals surface area (Å²) in [5.41, 5.74) is -0.649. The number of halogens is 1. The molecule has 0 heterocycles. The Kier molecular flexibility index (Phi) is 3.47. The first-order valence-electron chi connectivity index (χ1n) is 5.87. The molecule has 1 aliphatic rings. The number of hydrogen-bond donors (Lipinski definition) is 1. The fraction of sp³-hybridized carbons (Fsp3) is 0.500. The van der Waals surface area contributed by atoms with Crippen LogP contribution in [0.3, 0.4) is 0 Å². The van der Waals surface area contributed by atoms with Crippen molar-refractivity contribution in [2.45, 2.75) is 34.7 Å². The summed E-state index contributed by atoms with van der Waals surface area (Å²) in [6.07, 6.45) is 2.82. The first-order chi connectivity index (χ1) is 8.92. The van der Waals surface area contributed by atoms with Gasteiger partial charge >= 0.3 is 0 Å². The molecule has 0 unspecified atom stereocenters. The molecule has 0 aromatic heterocycles. The fourth-order valence-electron chi connectivity index (χ4n) is 2.06. The Hall–Kier alpha value is -0.990. The summed E-state index contributed by atoms with van der Waals surface area (Å²) in [5, 5.41) is 9.81. The molecule has 1 saturated carbocycles. The summed E-state index contributed by atoms with van der Waals surface area (Å²) in [6, 6.07) is 2.10. The molecule has 0 radical (unpaired) electrons. The topological polar surface area (TPSA) is 88.5 Å². The first-order valence-corrected chi connectivity index (χ1v) is 9.66. The van der Waals surface area contributed by atoms with E-state index < -0.39 is 40.9 Å². The lowest BCUT2D eigenvalue weighted by atomic mass is 10.1. The maximum atomic E-state index is 14.0. The summed E-state index contributed by atoms with van der Waals surface area (Å²) in [5.74, 6) is -1.10. The van der Waals surface area contributed by atoms with Crippen molar-refractivity contribution in [3.05, 3.63) is 23.5 Å². The Morgan fingerprint density at radius 2 is 1.70 bits per heavy atom. The van der Waals surface area contributed by atoms with Crippen LogP contribution < -0.4 is 0 Å². The zero-order chi connectivity index (χ0) is 15.3. The molecule has 0 bridgehead atoms. The number of benzene rings is 1. The molecule has 1 aliphatic carbocycles. The second kappa shape index (κ2) is 4.51. The van der Waals surface area contributed by atoms with Gasteiger partial charge in [-0.1, -0.05) is 0 Å². The van der Waals surface area contributed by atoms with E-state index in [4.69, 9.17) is 0 Å². The molecule has 1 N–H and O–H groups in total. The van der Waals surface area contributed by atoms with Crippen LogP contribution in [-0.4, -0.2) is 40.1 Å². The van der Waals surface area contributed by atoms with Crippen LogP contribution in [0.15, 0.2) is 21.9 Å². The molecule has 112 valence electrons. The van der Waals surface area contributed by atoms with Gasteiger partial charge in [0.2, 0.25) is 0 Å². The summed E-state index contributed by atoms with van der Waals surface area (Å²) in [6.45, 7) is 0. The zero-order valence-corrected chi connectivity index (χ0v) is 12.7. The average molecular weight is 322 g/mol. The molecular weight excluding hydrogens is 307 g/mol. The maximum Gasteiger partial charge on any atom is 0.179 e. The minimum Gasteiger partial charge on any atom is -0.390 e. The fourth-order valence-corrected chi connectivity index (χ4v) is 4.61. The van der Waals surface area contributed by atoms with E-state index in [0.717, 1.165) is 24.6 Å². The zero-order valence-electron chi connectivity index (χ0n) is 11.1. The minimum absolute atomic E-state index is 0.108. The van der Waals surface area contributed by atoms with Crippen LogP contribution in [0, 0.1) is 5.82 Å². The third-order valence-corrected chi connectivity index (χ3v) is 5.61. The molecular formula is C12H15FO5S2. The van der Waals surface area contributed by atoms with Gasteiger partial charge in [-0.25, -0.2) is 21.2 Å². The number of rotatable bonds is 4. The van der Waals surface area contributed by atoms with Crippen LogP contribution in [0.4, 0.5) is 4.39 Å². The maximum absolute atomic E-state index is 14.0. The van der Waals surface area contributed by atoms with E-state index >= 15 is 0 Å². The lowest BCUT2D eigenvalue weighted by molar-refractivity contribution is 0.151. The van der Waals surface area contributed by atoms with Crippen LogP contribution in [0.5, 0.6) is 0 Å². The van der Waals surface area contributed by atoms with E-state index in [1.807, 2.05) is 0 Å². The standard InChI is InChI=1S/C12H15FO5S2/c1-19(15,16)10-6-8(7-12(14)3-4-12)5-9(13)11(10)20(2,17)18/h5-6,14H,3-4,7H2,1-2H3. The van der Waals surface area contributed by atoms with E-state index in [1.54, 1.807) is 0 Å². The van der Waals surface area contributed by atoms with Gasteiger partial charge in [-0.05, 0) is 30.5 Å². The van der Waals surface area contributed by atoms with Gasteiger partial charge in [-0.15, -0.1) is 0 Å². The van der Waals surface area contributed by atoms with Crippen molar-refractivity contribution < 1.29 is 26.3 Å². The normalized spacial score (nSPS) is 18.0. The summed E-state index contributed by atoms with van der Waals surface area (Å²) in [7, 11) is -7.91. The van der Waals surface area contributed by atoms with Crippen molar-refractivity contribution in [3.63, 3.8) is 0 Å². The minimum atomic E-state index is -4.01. The van der Waals surface area contributed by atoms with Gasteiger partial charge in [-0.3, -0.25) is 0 Å². The van der Waals surface area contributed by atoms with Crippen LogP contribution >= 0.6 is 0 Å². The Balaban J connectivity index is 2.66. The molecule has 1 aromatic carbocycles. The third kappa shape index (κ3) is 3.18. The van der Waals surface area contributed by atoms with Crippen molar-refractivity contribution >= 4 is 19.7 Å². The summed E-state index contributed by atoms with van der Waals surface area (Å²) < 4.78 is 60.5. The summed E-state index contributed by atoms with van der Waals surface area (Å²) >= 11 is 0. The molecule has 0 aliphatic heterocycles. The highest BCUT2D eigenvalue weighted by Gasteiger charge is 2.40. The van der Waals surface area contributed by atoms with Crippen molar-refractivity contribution in [1.82, 2.24) is 0 Å². The molecule has 1 aromatic rings. The highest BCUT2D eigenvalue weighted by atomic mass is 32.2. The predicted octanol–water partition coefficient (Wildman–Crippen LogP) is 0.700. The molecule has 20 heavy (non-hydrogen) atoms. The molecule has 1 fully saturated rings. The molecule has 2 rings (SSSR count). The van der Waals surface area contributed by atoms with Gasteiger partial charge in [-0.2, -0.15) is 0 Å². The van der Waals surface area contributed by atoms with Gasteiger partial charge < -0.3 is 5.11 Å². The largest absolute Gasteiger partial charge is 0.390 e. The second-order valence-corrected chi connectivity index (χ2v) is 9.29. The summed E-state index contributed by atoms with van der Waals surface area (Å²) in [4.78, 5) is -1.37. The van der Waals surface area contributed by atoms with Gasteiger partial charge in [0.05, 0.1) is 10.5 Å². The average Bonchev–Trinajstić information content (AvgIpc) is 2.91. The molecule has 8 heteroatoms. The Labute approximate surface area is 117 Å². The quantitative estimate of drug-likeness (QED) is 0.881. The molecule has 5 nitrogen and oxygen atoms in total. The third-order valence-electron chi connectivity index (χ3n) is 3.20. The highest BCUT2D eigenvalue weighted by molar-refractivity contribution is 7.93. The van der Waals surface area contributed by atoms with Crippen molar-refractivity contribution in [2.75, 3.05) is 12.5 Å². The lowest BCUT2D eigenvalue weighted by Gasteiger charge is -2.13. The SMILES string of the molecule is CS(=O)(=O)c1cc(CC2(O)CC2)cc(F)c1S(C)(=O)=O. The van der Waals surface area contributed by atoms with Crippen LogP contribution in [0.25, 0.3) is 0 Å². The van der Waals surface area contributed by atoms with Gasteiger partial charge in [0.15, 0.2) is 19.7 Å². The molecule has 0 amide bonds. The van der Waals surface area contributed by atoms with E-state index in [0.29, 0.717) is 12.8 Å². The Morgan fingerprint density at radius 1 is 1.15 bits per heavy atom.